The van der Waals surface area contributed by atoms with Crippen LogP contribution in [0.2, 0.25) is 0 Å². The van der Waals surface area contributed by atoms with Gasteiger partial charge in [0.2, 0.25) is 0 Å². The van der Waals surface area contributed by atoms with Crippen LogP contribution in [0.4, 0.5) is 0 Å². The molecule has 23 heavy (non-hydrogen) atoms. The summed E-state index contributed by atoms with van der Waals surface area (Å²) in [7, 11) is 0. The molecule has 1 rings (SSSR count). The highest BCUT2D eigenvalue weighted by atomic mass is 15.1. The van der Waals surface area contributed by atoms with Gasteiger partial charge in [0.25, 0.3) is 0 Å². The van der Waals surface area contributed by atoms with Gasteiger partial charge >= 0.3 is 0 Å². The summed E-state index contributed by atoms with van der Waals surface area (Å²) >= 11 is 0. The van der Waals surface area contributed by atoms with Gasteiger partial charge in [-0.2, -0.15) is 0 Å². The van der Waals surface area contributed by atoms with Gasteiger partial charge in [0, 0.05) is 6.04 Å². The Balaban J connectivity index is 2.69. The molecule has 130 valence electrons. The Kier molecular flexibility index (Phi) is 10.7. The summed E-state index contributed by atoms with van der Waals surface area (Å²) in [5.74, 6) is 0. The lowest BCUT2D eigenvalue weighted by Crippen LogP contribution is -2.29. The molecule has 0 aliphatic heterocycles. The molecule has 0 spiro atoms. The van der Waals surface area contributed by atoms with Crippen LogP contribution < -0.4 is 0 Å². The fraction of sp³-hybridized carbons (Fsp3) is 0.636. The Morgan fingerprint density at radius 3 is 2.00 bits per heavy atom. The van der Waals surface area contributed by atoms with Gasteiger partial charge in [-0.15, -0.1) is 0 Å². The Morgan fingerprint density at radius 1 is 0.913 bits per heavy atom. The average molecular weight is 316 g/mol. The van der Waals surface area contributed by atoms with Gasteiger partial charge in [-0.05, 0) is 44.0 Å². The molecule has 0 fully saturated rings. The summed E-state index contributed by atoms with van der Waals surface area (Å²) in [5, 5.41) is 0. The zero-order valence-corrected chi connectivity index (χ0v) is 15.7. The molecular formula is C22H37N. The fourth-order valence-electron chi connectivity index (χ4n) is 3.26. The zero-order chi connectivity index (χ0) is 16.9. The van der Waals surface area contributed by atoms with E-state index < -0.39 is 0 Å². The lowest BCUT2D eigenvalue weighted by atomic mass is 9.99. The van der Waals surface area contributed by atoms with E-state index in [2.05, 4.69) is 56.5 Å². The maximum absolute atomic E-state index is 3.99. The van der Waals surface area contributed by atoms with Crippen LogP contribution in [0.25, 0.3) is 6.08 Å². The number of hydrogen-bond donors (Lipinski definition) is 0. The summed E-state index contributed by atoms with van der Waals surface area (Å²) < 4.78 is 0. The van der Waals surface area contributed by atoms with Crippen LogP contribution >= 0.6 is 0 Å². The highest BCUT2D eigenvalue weighted by molar-refractivity contribution is 5.52. The van der Waals surface area contributed by atoms with Crippen LogP contribution in [0.1, 0.15) is 89.3 Å². The van der Waals surface area contributed by atoms with Crippen molar-refractivity contribution >= 4 is 6.08 Å². The molecule has 1 aromatic rings. The minimum atomic E-state index is 0.479. The lowest BCUT2D eigenvalue weighted by molar-refractivity contribution is 0.201. The summed E-state index contributed by atoms with van der Waals surface area (Å²) in [5.41, 5.74) is 2.71. The van der Waals surface area contributed by atoms with Gasteiger partial charge in [0.15, 0.2) is 0 Å². The number of rotatable bonds is 13. The topological polar surface area (TPSA) is 3.24 Å². The highest BCUT2D eigenvalue weighted by Gasteiger charge is 2.16. The van der Waals surface area contributed by atoms with E-state index in [4.69, 9.17) is 0 Å². The first-order chi connectivity index (χ1) is 11.2. The van der Waals surface area contributed by atoms with E-state index in [-0.39, 0.29) is 0 Å². The lowest BCUT2D eigenvalue weighted by Gasteiger charge is -2.30. The van der Waals surface area contributed by atoms with Gasteiger partial charge < -0.3 is 0 Å². The van der Waals surface area contributed by atoms with Gasteiger partial charge in [0.1, 0.15) is 0 Å². The normalized spacial score (nSPS) is 12.5. The standard InChI is InChI=1S/C22H37N/c1-5-8-10-14-18-23(19-15-11-9-6-2)20(4)22-17-13-12-16-21(22)7-3/h7,12-13,16-17,20H,3,5-6,8-11,14-15,18-19H2,1-2,4H3. The second-order valence-electron chi connectivity index (χ2n) is 6.67. The number of hydrogen-bond acceptors (Lipinski definition) is 1. The first-order valence-electron chi connectivity index (χ1n) is 9.70. The third kappa shape index (κ3) is 7.35. The van der Waals surface area contributed by atoms with Gasteiger partial charge in [-0.3, -0.25) is 4.90 Å². The van der Waals surface area contributed by atoms with E-state index in [1.54, 1.807) is 0 Å². The van der Waals surface area contributed by atoms with Crippen molar-refractivity contribution in [3.8, 4) is 0 Å². The molecule has 1 unspecified atom stereocenters. The molecule has 1 aromatic carbocycles. The largest absolute Gasteiger partial charge is 0.297 e. The minimum Gasteiger partial charge on any atom is -0.297 e. The molecule has 0 heterocycles. The summed E-state index contributed by atoms with van der Waals surface area (Å²) in [6, 6.07) is 9.20. The van der Waals surface area contributed by atoms with E-state index in [0.717, 1.165) is 0 Å². The van der Waals surface area contributed by atoms with Crippen molar-refractivity contribution in [3.05, 3.63) is 42.0 Å². The van der Waals surface area contributed by atoms with Gasteiger partial charge in [-0.1, -0.05) is 89.3 Å². The van der Waals surface area contributed by atoms with Gasteiger partial charge in [0.05, 0.1) is 0 Å². The maximum atomic E-state index is 3.99. The quantitative estimate of drug-likeness (QED) is 0.360. The Hall–Kier alpha value is -1.08. The van der Waals surface area contributed by atoms with Crippen molar-refractivity contribution in [1.82, 2.24) is 4.90 Å². The molecule has 0 aliphatic rings. The molecule has 1 nitrogen and oxygen atoms in total. The molecule has 0 saturated heterocycles. The smallest absolute Gasteiger partial charge is 0.0325 e. The molecule has 0 radical (unpaired) electrons. The van der Waals surface area contributed by atoms with E-state index in [0.29, 0.717) is 6.04 Å². The molecule has 0 aromatic heterocycles. The Labute approximate surface area is 144 Å². The zero-order valence-electron chi connectivity index (χ0n) is 15.7. The monoisotopic (exact) mass is 315 g/mol. The van der Waals surface area contributed by atoms with Crippen LogP contribution in [0.5, 0.6) is 0 Å². The van der Waals surface area contributed by atoms with Crippen LogP contribution in [-0.2, 0) is 0 Å². The first kappa shape index (κ1) is 20.0. The van der Waals surface area contributed by atoms with Crippen molar-refractivity contribution in [2.75, 3.05) is 13.1 Å². The summed E-state index contributed by atoms with van der Waals surface area (Å²) in [6.45, 7) is 13.4. The Bertz CT molecular complexity index is 412. The van der Waals surface area contributed by atoms with E-state index >= 15 is 0 Å². The maximum Gasteiger partial charge on any atom is 0.0325 e. The van der Waals surface area contributed by atoms with Crippen molar-refractivity contribution in [2.45, 2.75) is 78.2 Å². The predicted octanol–water partition coefficient (Wildman–Crippen LogP) is 6.85. The third-order valence-electron chi connectivity index (χ3n) is 4.81. The molecule has 1 heteroatoms. The van der Waals surface area contributed by atoms with Crippen molar-refractivity contribution in [3.63, 3.8) is 0 Å². The molecule has 0 amide bonds. The molecule has 0 aliphatic carbocycles. The minimum absolute atomic E-state index is 0.479. The molecular weight excluding hydrogens is 278 g/mol. The second-order valence-corrected chi connectivity index (χ2v) is 6.67. The van der Waals surface area contributed by atoms with Crippen LogP contribution in [0.15, 0.2) is 30.8 Å². The third-order valence-corrected chi connectivity index (χ3v) is 4.81. The number of unbranched alkanes of at least 4 members (excludes halogenated alkanes) is 6. The SMILES string of the molecule is C=Cc1ccccc1C(C)N(CCCCCC)CCCCCC. The average Bonchev–Trinajstić information content (AvgIpc) is 2.59. The molecule has 0 saturated carbocycles. The molecule has 0 N–H and O–H groups in total. The van der Waals surface area contributed by atoms with E-state index in [9.17, 15) is 0 Å². The van der Waals surface area contributed by atoms with Crippen molar-refractivity contribution < 1.29 is 0 Å². The van der Waals surface area contributed by atoms with Crippen molar-refractivity contribution in [2.24, 2.45) is 0 Å². The second kappa shape index (κ2) is 12.4. The van der Waals surface area contributed by atoms with Crippen LogP contribution in [-0.4, -0.2) is 18.0 Å². The Morgan fingerprint density at radius 2 is 1.48 bits per heavy atom. The number of nitrogens with zero attached hydrogens (tertiary/aromatic N) is 1. The van der Waals surface area contributed by atoms with E-state index in [1.165, 1.54) is 75.6 Å². The van der Waals surface area contributed by atoms with E-state index in [1.807, 2.05) is 6.08 Å². The van der Waals surface area contributed by atoms with Crippen LogP contribution in [0, 0.1) is 0 Å². The highest BCUT2D eigenvalue weighted by Crippen LogP contribution is 2.25. The van der Waals surface area contributed by atoms with Gasteiger partial charge in [-0.25, -0.2) is 0 Å². The molecule has 1 atom stereocenters. The number of benzene rings is 1. The van der Waals surface area contributed by atoms with Crippen LogP contribution in [0.3, 0.4) is 0 Å². The first-order valence-corrected chi connectivity index (χ1v) is 9.70. The summed E-state index contributed by atoms with van der Waals surface area (Å²) in [4.78, 5) is 2.69. The molecule has 0 bridgehead atoms. The summed E-state index contributed by atoms with van der Waals surface area (Å²) in [6.07, 6.45) is 12.7. The van der Waals surface area contributed by atoms with Crippen molar-refractivity contribution in [1.29, 1.82) is 0 Å². The fourth-order valence-corrected chi connectivity index (χ4v) is 3.26. The predicted molar refractivity (Wildman–Crippen MR) is 105 cm³/mol.